The summed E-state index contributed by atoms with van der Waals surface area (Å²) in [6, 6.07) is 19.3. The molecule has 4 aromatic rings. The Kier molecular flexibility index (Phi) is 6.69. The second kappa shape index (κ2) is 10.0. The number of fused-ring (bicyclic) bond motifs is 1. The van der Waals surface area contributed by atoms with Crippen molar-refractivity contribution in [2.24, 2.45) is 5.92 Å². The summed E-state index contributed by atoms with van der Waals surface area (Å²) in [5, 5.41) is 15.1. The summed E-state index contributed by atoms with van der Waals surface area (Å²) in [7, 11) is 0. The molecule has 0 aliphatic heterocycles. The van der Waals surface area contributed by atoms with Gasteiger partial charge < -0.3 is 15.6 Å². The van der Waals surface area contributed by atoms with Crippen LogP contribution in [0.15, 0.2) is 71.8 Å². The van der Waals surface area contributed by atoms with Gasteiger partial charge in [0.1, 0.15) is 0 Å². The highest BCUT2D eigenvalue weighted by Gasteiger charge is 2.13. The third kappa shape index (κ3) is 5.42. The lowest BCUT2D eigenvalue weighted by atomic mass is 10.0. The molecule has 1 atom stereocenters. The van der Waals surface area contributed by atoms with Gasteiger partial charge in [0.05, 0.1) is 23.3 Å². The molecule has 1 heterocycles. The van der Waals surface area contributed by atoms with Crippen LogP contribution in [0, 0.1) is 24.2 Å². The van der Waals surface area contributed by atoms with Crippen LogP contribution in [-0.4, -0.2) is 21.8 Å². The zero-order chi connectivity index (χ0) is 24.9. The number of H-pyrrole nitrogens is 1. The van der Waals surface area contributed by atoms with Crippen LogP contribution in [0.1, 0.15) is 38.8 Å². The van der Waals surface area contributed by atoms with Crippen molar-refractivity contribution in [3.63, 3.8) is 0 Å². The Morgan fingerprint density at radius 3 is 2.60 bits per heavy atom. The second-order valence-corrected chi connectivity index (χ2v) is 8.34. The summed E-state index contributed by atoms with van der Waals surface area (Å²) < 4.78 is 0. The Hall–Kier alpha value is -4.77. The average molecular weight is 466 g/mol. The van der Waals surface area contributed by atoms with Crippen LogP contribution in [0.2, 0.25) is 0 Å². The molecule has 1 aromatic heterocycles. The number of nitrogens with one attached hydrogen (secondary N) is 3. The van der Waals surface area contributed by atoms with Crippen LogP contribution in [0.3, 0.4) is 0 Å². The van der Waals surface area contributed by atoms with Gasteiger partial charge in [-0.05, 0) is 73.9 Å². The van der Waals surface area contributed by atoms with Gasteiger partial charge in [-0.2, -0.15) is 5.26 Å². The van der Waals surface area contributed by atoms with Gasteiger partial charge in [-0.25, -0.2) is 4.98 Å². The van der Waals surface area contributed by atoms with Gasteiger partial charge in [0.15, 0.2) is 0 Å². The number of rotatable bonds is 6. The van der Waals surface area contributed by atoms with Crippen molar-refractivity contribution < 1.29 is 9.59 Å². The maximum absolute atomic E-state index is 12.9. The summed E-state index contributed by atoms with van der Waals surface area (Å²) in [6.45, 7) is 3.68. The molecule has 174 valence electrons. The van der Waals surface area contributed by atoms with E-state index in [4.69, 9.17) is 5.26 Å². The zero-order valence-corrected chi connectivity index (χ0v) is 19.3. The largest absolute Gasteiger partial charge is 0.322 e. The molecule has 0 bridgehead atoms. The van der Waals surface area contributed by atoms with Gasteiger partial charge in [-0.1, -0.05) is 18.2 Å². The molecule has 0 aliphatic carbocycles. The SMILES string of the molecule is Cc1ccc(NC(=O)c2cccc(CC(C)C#N)c2)cc1NC(=O)c1ccc2nc[nH]c(=O)c2c1. The molecule has 1 unspecified atom stereocenters. The minimum atomic E-state index is -0.388. The van der Waals surface area contributed by atoms with E-state index >= 15 is 0 Å². The minimum absolute atomic E-state index is 0.145. The summed E-state index contributed by atoms with van der Waals surface area (Å²) in [5.41, 5.74) is 3.74. The van der Waals surface area contributed by atoms with E-state index < -0.39 is 0 Å². The Labute approximate surface area is 201 Å². The maximum atomic E-state index is 12.9. The molecule has 3 N–H and O–H groups in total. The Morgan fingerprint density at radius 2 is 1.80 bits per heavy atom. The molecular formula is C27H23N5O3. The van der Waals surface area contributed by atoms with Gasteiger partial charge in [0, 0.05) is 28.4 Å². The predicted molar refractivity (Wildman–Crippen MR) is 134 cm³/mol. The molecular weight excluding hydrogens is 442 g/mol. The molecule has 0 radical (unpaired) electrons. The van der Waals surface area contributed by atoms with Crippen molar-refractivity contribution in [2.45, 2.75) is 20.3 Å². The molecule has 0 aliphatic rings. The van der Waals surface area contributed by atoms with E-state index in [2.05, 4.69) is 26.7 Å². The van der Waals surface area contributed by atoms with Crippen LogP contribution in [0.25, 0.3) is 10.9 Å². The van der Waals surface area contributed by atoms with Gasteiger partial charge in [-0.15, -0.1) is 0 Å². The summed E-state index contributed by atoms with van der Waals surface area (Å²) in [5.74, 6) is -0.825. The van der Waals surface area contributed by atoms with Crippen molar-refractivity contribution in [1.29, 1.82) is 5.26 Å². The maximum Gasteiger partial charge on any atom is 0.258 e. The van der Waals surface area contributed by atoms with E-state index in [1.54, 1.807) is 48.5 Å². The van der Waals surface area contributed by atoms with E-state index in [1.165, 1.54) is 12.4 Å². The third-order valence-corrected chi connectivity index (χ3v) is 5.60. The lowest BCUT2D eigenvalue weighted by molar-refractivity contribution is 0.101. The molecule has 8 nitrogen and oxygen atoms in total. The van der Waals surface area contributed by atoms with Crippen molar-refractivity contribution in [1.82, 2.24) is 9.97 Å². The number of hydrogen-bond donors (Lipinski definition) is 3. The first-order valence-corrected chi connectivity index (χ1v) is 11.0. The smallest absolute Gasteiger partial charge is 0.258 e. The number of aromatic amines is 1. The molecule has 0 saturated carbocycles. The molecule has 0 fully saturated rings. The Bertz CT molecular complexity index is 1530. The lowest BCUT2D eigenvalue weighted by Crippen LogP contribution is -2.15. The number of hydrogen-bond acceptors (Lipinski definition) is 5. The molecule has 35 heavy (non-hydrogen) atoms. The number of carbonyl (C=O) groups is 2. The van der Waals surface area contributed by atoms with Crippen LogP contribution in [0.5, 0.6) is 0 Å². The molecule has 8 heteroatoms. The van der Waals surface area contributed by atoms with Crippen molar-refractivity contribution in [3.8, 4) is 6.07 Å². The fraction of sp³-hybridized carbons (Fsp3) is 0.148. The van der Waals surface area contributed by atoms with E-state index in [1.807, 2.05) is 19.9 Å². The highest BCUT2D eigenvalue weighted by molar-refractivity contribution is 6.08. The van der Waals surface area contributed by atoms with Crippen molar-refractivity contribution in [2.75, 3.05) is 10.6 Å². The standard InChI is InChI=1S/C27H23N5O3/c1-16(14-28)10-18-4-3-5-19(11-18)25(33)31-21-8-6-17(2)24(13-21)32-26(34)20-7-9-23-22(12-20)27(35)30-15-29-23/h3-9,11-13,15-16H,10H2,1-2H3,(H,31,33)(H,32,34)(H,29,30,35). The van der Waals surface area contributed by atoms with E-state index in [0.29, 0.717) is 39.8 Å². The fourth-order valence-electron chi connectivity index (χ4n) is 3.68. The highest BCUT2D eigenvalue weighted by Crippen LogP contribution is 2.22. The van der Waals surface area contributed by atoms with Crippen LogP contribution in [0.4, 0.5) is 11.4 Å². The Balaban J connectivity index is 1.51. The molecule has 4 rings (SSSR count). The number of aryl methyl sites for hydroxylation is 1. The van der Waals surface area contributed by atoms with E-state index in [9.17, 15) is 14.4 Å². The van der Waals surface area contributed by atoms with Gasteiger partial charge in [-0.3, -0.25) is 14.4 Å². The number of nitrogens with zero attached hydrogens (tertiary/aromatic N) is 2. The number of amides is 2. The zero-order valence-electron chi connectivity index (χ0n) is 19.3. The van der Waals surface area contributed by atoms with Gasteiger partial charge >= 0.3 is 0 Å². The molecule has 2 amide bonds. The summed E-state index contributed by atoms with van der Waals surface area (Å²) in [4.78, 5) is 44.3. The van der Waals surface area contributed by atoms with Crippen molar-refractivity contribution in [3.05, 3.63) is 99.6 Å². The number of benzene rings is 3. The number of carbonyl (C=O) groups excluding carboxylic acids is 2. The third-order valence-electron chi connectivity index (χ3n) is 5.60. The molecule has 0 spiro atoms. The van der Waals surface area contributed by atoms with Gasteiger partial charge in [0.25, 0.3) is 17.4 Å². The van der Waals surface area contributed by atoms with E-state index in [0.717, 1.165) is 11.1 Å². The normalized spacial score (nSPS) is 11.5. The van der Waals surface area contributed by atoms with Crippen LogP contribution in [-0.2, 0) is 6.42 Å². The lowest BCUT2D eigenvalue weighted by Gasteiger charge is -2.12. The topological polar surface area (TPSA) is 128 Å². The number of nitriles is 1. The highest BCUT2D eigenvalue weighted by atomic mass is 16.2. The average Bonchev–Trinajstić information content (AvgIpc) is 2.86. The quantitative estimate of drug-likeness (QED) is 0.388. The fourth-order valence-corrected chi connectivity index (χ4v) is 3.68. The predicted octanol–water partition coefficient (Wildman–Crippen LogP) is 4.44. The molecule has 3 aromatic carbocycles. The van der Waals surface area contributed by atoms with Crippen molar-refractivity contribution >= 4 is 34.1 Å². The molecule has 0 saturated heterocycles. The van der Waals surface area contributed by atoms with E-state index in [-0.39, 0.29) is 23.3 Å². The number of aromatic nitrogens is 2. The summed E-state index contributed by atoms with van der Waals surface area (Å²) >= 11 is 0. The Morgan fingerprint density at radius 1 is 1.03 bits per heavy atom. The first-order valence-electron chi connectivity index (χ1n) is 11.0. The summed E-state index contributed by atoms with van der Waals surface area (Å²) in [6.07, 6.45) is 1.88. The monoisotopic (exact) mass is 465 g/mol. The second-order valence-electron chi connectivity index (χ2n) is 8.34. The minimum Gasteiger partial charge on any atom is -0.322 e. The van der Waals surface area contributed by atoms with Gasteiger partial charge in [0.2, 0.25) is 0 Å². The first-order chi connectivity index (χ1) is 16.8. The number of anilines is 2. The van der Waals surface area contributed by atoms with Crippen LogP contribution < -0.4 is 16.2 Å². The first kappa shape index (κ1) is 23.4. The van der Waals surface area contributed by atoms with Crippen LogP contribution >= 0.6 is 0 Å².